The third-order valence-electron chi connectivity index (χ3n) is 4.15. The second-order valence-corrected chi connectivity index (χ2v) is 6.52. The summed E-state index contributed by atoms with van der Waals surface area (Å²) in [4.78, 5) is 38.0. The number of rotatable bonds is 6. The molecule has 1 heterocycles. The number of hydrogen-bond acceptors (Lipinski definition) is 3. The van der Waals surface area contributed by atoms with E-state index in [0.29, 0.717) is 41.2 Å². The van der Waals surface area contributed by atoms with Crippen molar-refractivity contribution < 1.29 is 22.8 Å². The molecular formula is C19H19ClF3N3O3. The first kappa shape index (κ1) is 22.5. The number of hydrogen-bond donors (Lipinski definition) is 1. The van der Waals surface area contributed by atoms with E-state index in [0.717, 1.165) is 0 Å². The Morgan fingerprint density at radius 1 is 1.14 bits per heavy atom. The van der Waals surface area contributed by atoms with Gasteiger partial charge in [0.05, 0.1) is 5.56 Å². The van der Waals surface area contributed by atoms with Gasteiger partial charge < -0.3 is 14.8 Å². The molecule has 0 unspecified atom stereocenters. The van der Waals surface area contributed by atoms with Crippen molar-refractivity contribution in [2.24, 2.45) is 0 Å². The monoisotopic (exact) mass is 429 g/mol. The molecule has 0 aliphatic heterocycles. The lowest BCUT2D eigenvalue weighted by molar-refractivity contribution is -0.138. The molecular weight excluding hydrogens is 411 g/mol. The van der Waals surface area contributed by atoms with Gasteiger partial charge in [-0.15, -0.1) is 0 Å². The van der Waals surface area contributed by atoms with E-state index in [1.807, 2.05) is 13.8 Å². The molecule has 0 bridgehead atoms. The summed E-state index contributed by atoms with van der Waals surface area (Å²) in [6.07, 6.45) is -4.16. The zero-order chi connectivity index (χ0) is 21.8. The van der Waals surface area contributed by atoms with Gasteiger partial charge in [0, 0.05) is 30.5 Å². The zero-order valence-corrected chi connectivity index (χ0v) is 16.5. The van der Waals surface area contributed by atoms with Gasteiger partial charge in [0.2, 0.25) is 5.91 Å². The minimum Gasteiger partial charge on any atom is -0.339 e. The number of nitrogens with one attached hydrogen (secondary N) is 1. The molecule has 2 amide bonds. The summed E-state index contributed by atoms with van der Waals surface area (Å²) >= 11 is 5.56. The molecule has 0 saturated carbocycles. The van der Waals surface area contributed by atoms with Crippen molar-refractivity contribution in [3.63, 3.8) is 0 Å². The minimum absolute atomic E-state index is 0.155. The number of carbonyl (C=O) groups is 2. The standard InChI is InChI=1S/C19H19ClF3N3O3/c1-3-25(4-2)17(28)12-5-7-14(8-6-12)24-16(27)11-26-10-13(19(21,22)23)9-15(20)18(26)29/h5-10H,3-4,11H2,1-2H3,(H,24,27). The number of anilines is 1. The summed E-state index contributed by atoms with van der Waals surface area (Å²) in [5.41, 5.74) is -1.27. The Balaban J connectivity index is 2.13. The fourth-order valence-electron chi connectivity index (χ4n) is 2.62. The van der Waals surface area contributed by atoms with Crippen molar-refractivity contribution in [1.82, 2.24) is 9.47 Å². The Morgan fingerprint density at radius 3 is 2.24 bits per heavy atom. The third kappa shape index (κ3) is 5.60. The maximum atomic E-state index is 12.9. The van der Waals surface area contributed by atoms with E-state index in [1.54, 1.807) is 4.90 Å². The molecule has 0 aliphatic carbocycles. The number of alkyl halides is 3. The minimum atomic E-state index is -4.71. The van der Waals surface area contributed by atoms with Crippen molar-refractivity contribution in [1.29, 1.82) is 0 Å². The average molecular weight is 430 g/mol. The van der Waals surface area contributed by atoms with Crippen LogP contribution in [0.1, 0.15) is 29.8 Å². The normalized spacial score (nSPS) is 11.2. The van der Waals surface area contributed by atoms with Crippen LogP contribution in [0.5, 0.6) is 0 Å². The number of aromatic nitrogens is 1. The van der Waals surface area contributed by atoms with Crippen LogP contribution >= 0.6 is 11.6 Å². The van der Waals surface area contributed by atoms with Crippen LogP contribution < -0.4 is 10.9 Å². The van der Waals surface area contributed by atoms with Gasteiger partial charge in [-0.2, -0.15) is 13.2 Å². The molecule has 156 valence electrons. The fraction of sp³-hybridized carbons (Fsp3) is 0.316. The predicted octanol–water partition coefficient (Wildman–Crippen LogP) is 3.64. The van der Waals surface area contributed by atoms with E-state index in [9.17, 15) is 27.6 Å². The van der Waals surface area contributed by atoms with E-state index in [4.69, 9.17) is 11.6 Å². The van der Waals surface area contributed by atoms with Crippen molar-refractivity contribution in [2.45, 2.75) is 26.6 Å². The summed E-state index contributed by atoms with van der Waals surface area (Å²) < 4.78 is 39.2. The van der Waals surface area contributed by atoms with Gasteiger partial charge in [-0.1, -0.05) is 11.6 Å². The van der Waals surface area contributed by atoms with E-state index in [-0.39, 0.29) is 5.91 Å². The van der Waals surface area contributed by atoms with Crippen molar-refractivity contribution in [3.05, 3.63) is 63.0 Å². The predicted molar refractivity (Wildman–Crippen MR) is 103 cm³/mol. The highest BCUT2D eigenvalue weighted by Crippen LogP contribution is 2.29. The van der Waals surface area contributed by atoms with Gasteiger partial charge in [0.15, 0.2) is 0 Å². The van der Waals surface area contributed by atoms with E-state index >= 15 is 0 Å². The first-order chi connectivity index (χ1) is 13.6. The molecule has 10 heteroatoms. The third-order valence-corrected chi connectivity index (χ3v) is 4.42. The lowest BCUT2D eigenvalue weighted by Crippen LogP contribution is -2.30. The second-order valence-electron chi connectivity index (χ2n) is 6.11. The van der Waals surface area contributed by atoms with Crippen LogP contribution in [0.15, 0.2) is 41.3 Å². The summed E-state index contributed by atoms with van der Waals surface area (Å²) in [7, 11) is 0. The largest absolute Gasteiger partial charge is 0.417 e. The second kappa shape index (κ2) is 9.13. The molecule has 0 radical (unpaired) electrons. The Hall–Kier alpha value is -2.81. The maximum Gasteiger partial charge on any atom is 0.417 e. The zero-order valence-electron chi connectivity index (χ0n) is 15.7. The maximum absolute atomic E-state index is 12.9. The van der Waals surface area contributed by atoms with Gasteiger partial charge in [-0.25, -0.2) is 0 Å². The van der Waals surface area contributed by atoms with Gasteiger partial charge in [0.1, 0.15) is 11.6 Å². The Kier molecular flexibility index (Phi) is 7.07. The van der Waals surface area contributed by atoms with Crippen LogP contribution in [-0.4, -0.2) is 34.4 Å². The Morgan fingerprint density at radius 2 is 1.72 bits per heavy atom. The molecule has 0 saturated heterocycles. The molecule has 0 aliphatic rings. The molecule has 0 fully saturated rings. The van der Waals surface area contributed by atoms with Crippen molar-refractivity contribution >= 4 is 29.1 Å². The smallest absolute Gasteiger partial charge is 0.339 e. The van der Waals surface area contributed by atoms with Crippen molar-refractivity contribution in [3.8, 4) is 0 Å². The Labute approximate surface area is 169 Å². The van der Waals surface area contributed by atoms with Crippen LogP contribution in [0, 0.1) is 0 Å². The quantitative estimate of drug-likeness (QED) is 0.762. The van der Waals surface area contributed by atoms with Gasteiger partial charge in [0.25, 0.3) is 11.5 Å². The molecule has 29 heavy (non-hydrogen) atoms. The SMILES string of the molecule is CCN(CC)C(=O)c1ccc(NC(=O)Cn2cc(C(F)(F)F)cc(Cl)c2=O)cc1. The lowest BCUT2D eigenvalue weighted by atomic mass is 10.1. The number of pyridine rings is 1. The highest BCUT2D eigenvalue weighted by Gasteiger charge is 2.32. The fourth-order valence-corrected chi connectivity index (χ4v) is 2.84. The van der Waals surface area contributed by atoms with Gasteiger partial charge in [-0.05, 0) is 44.2 Å². The van der Waals surface area contributed by atoms with Crippen LogP contribution in [0.4, 0.5) is 18.9 Å². The number of benzene rings is 1. The van der Waals surface area contributed by atoms with Gasteiger partial charge in [-0.3, -0.25) is 14.4 Å². The molecule has 0 spiro atoms. The molecule has 2 rings (SSSR count). The summed E-state index contributed by atoms with van der Waals surface area (Å²) in [6, 6.07) is 6.57. The summed E-state index contributed by atoms with van der Waals surface area (Å²) in [5.74, 6) is -0.872. The van der Waals surface area contributed by atoms with Crippen LogP contribution in [0.25, 0.3) is 0 Å². The van der Waals surface area contributed by atoms with Gasteiger partial charge >= 0.3 is 6.18 Å². The average Bonchev–Trinajstić information content (AvgIpc) is 2.65. The van der Waals surface area contributed by atoms with E-state index in [1.165, 1.54) is 24.3 Å². The molecule has 1 aromatic heterocycles. The summed E-state index contributed by atoms with van der Waals surface area (Å²) in [6.45, 7) is 4.18. The highest BCUT2D eigenvalue weighted by atomic mass is 35.5. The molecule has 1 N–H and O–H groups in total. The Bertz CT molecular complexity index is 952. The topological polar surface area (TPSA) is 71.4 Å². The first-order valence-electron chi connectivity index (χ1n) is 8.73. The highest BCUT2D eigenvalue weighted by molar-refractivity contribution is 6.30. The first-order valence-corrected chi connectivity index (χ1v) is 9.11. The van der Waals surface area contributed by atoms with E-state index < -0.39 is 34.8 Å². The number of amides is 2. The summed E-state index contributed by atoms with van der Waals surface area (Å²) in [5, 5.41) is 1.84. The molecule has 2 aromatic rings. The molecule has 0 atom stereocenters. The van der Waals surface area contributed by atoms with Crippen LogP contribution in [0.3, 0.4) is 0 Å². The lowest BCUT2D eigenvalue weighted by Gasteiger charge is -2.18. The molecule has 1 aromatic carbocycles. The van der Waals surface area contributed by atoms with Crippen molar-refractivity contribution in [2.75, 3.05) is 18.4 Å². The van der Waals surface area contributed by atoms with Crippen LogP contribution in [0.2, 0.25) is 5.02 Å². The number of nitrogens with zero attached hydrogens (tertiary/aromatic N) is 2. The molecule has 6 nitrogen and oxygen atoms in total. The van der Waals surface area contributed by atoms with E-state index in [2.05, 4.69) is 5.32 Å². The number of halogens is 4. The van der Waals surface area contributed by atoms with Crippen LogP contribution in [-0.2, 0) is 17.5 Å². The number of carbonyl (C=O) groups excluding carboxylic acids is 2.